The van der Waals surface area contributed by atoms with E-state index in [1.54, 1.807) is 18.2 Å². The van der Waals surface area contributed by atoms with E-state index in [-0.39, 0.29) is 12.1 Å². The van der Waals surface area contributed by atoms with Crippen LogP contribution in [0.15, 0.2) is 47.4 Å². The minimum Gasteiger partial charge on any atom is -0.481 e. The van der Waals surface area contributed by atoms with Gasteiger partial charge in [-0.3, -0.25) is 0 Å². The van der Waals surface area contributed by atoms with Crippen molar-refractivity contribution < 1.29 is 13.2 Å². The van der Waals surface area contributed by atoms with Gasteiger partial charge < -0.3 is 10.1 Å². The van der Waals surface area contributed by atoms with Crippen molar-refractivity contribution in [2.24, 2.45) is 0 Å². The Kier molecular flexibility index (Phi) is 2.57. The maximum atomic E-state index is 11.7. The molecular formula is C16H15NO3S. The molecule has 0 saturated heterocycles. The van der Waals surface area contributed by atoms with Crippen LogP contribution in [0.4, 0.5) is 5.69 Å². The van der Waals surface area contributed by atoms with Crippen LogP contribution in [0.2, 0.25) is 0 Å². The van der Waals surface area contributed by atoms with Crippen LogP contribution in [0.25, 0.3) is 0 Å². The molecule has 4 nitrogen and oxygen atoms in total. The van der Waals surface area contributed by atoms with Gasteiger partial charge in [0.15, 0.2) is 9.84 Å². The molecule has 1 aliphatic heterocycles. The molecule has 0 fully saturated rings. The van der Waals surface area contributed by atoms with Gasteiger partial charge >= 0.3 is 0 Å². The Bertz CT molecular complexity index is 829. The minimum atomic E-state index is -3.21. The number of nitrogens with one attached hydrogen (secondary N) is 1. The maximum Gasteiger partial charge on any atom is 0.175 e. The van der Waals surface area contributed by atoms with Crippen LogP contribution >= 0.6 is 0 Å². The van der Waals surface area contributed by atoms with E-state index in [9.17, 15) is 8.42 Å². The van der Waals surface area contributed by atoms with Crippen molar-refractivity contribution in [1.82, 2.24) is 0 Å². The SMILES string of the molecule is CS(=O)(=O)c1ccc2c(c1)NC1Cc3ccccc3C1O2. The van der Waals surface area contributed by atoms with E-state index in [1.165, 1.54) is 17.4 Å². The number of hydrogen-bond donors (Lipinski definition) is 1. The van der Waals surface area contributed by atoms with Crippen LogP contribution in [0.3, 0.4) is 0 Å². The van der Waals surface area contributed by atoms with Crippen molar-refractivity contribution >= 4 is 15.5 Å². The summed E-state index contributed by atoms with van der Waals surface area (Å²) < 4.78 is 29.4. The van der Waals surface area contributed by atoms with E-state index in [4.69, 9.17) is 4.74 Å². The molecule has 0 amide bonds. The molecule has 4 rings (SSSR count). The first-order valence-electron chi connectivity index (χ1n) is 6.87. The molecule has 2 unspecified atom stereocenters. The summed E-state index contributed by atoms with van der Waals surface area (Å²) in [6.07, 6.45) is 2.11. The van der Waals surface area contributed by atoms with Crippen LogP contribution < -0.4 is 10.1 Å². The predicted octanol–water partition coefficient (Wildman–Crippen LogP) is 2.56. The van der Waals surface area contributed by atoms with Gasteiger partial charge in [0.1, 0.15) is 11.9 Å². The van der Waals surface area contributed by atoms with Crippen molar-refractivity contribution in [2.75, 3.05) is 11.6 Å². The number of sulfone groups is 1. The monoisotopic (exact) mass is 301 g/mol. The standard InChI is InChI=1S/C16H15NO3S/c1-21(18,19)11-6-7-15-13(9-11)17-14-8-10-4-2-3-5-12(10)16(14)20-15/h2-7,9,14,16-17H,8H2,1H3. The van der Waals surface area contributed by atoms with Crippen molar-refractivity contribution in [2.45, 2.75) is 23.5 Å². The highest BCUT2D eigenvalue weighted by Crippen LogP contribution is 2.43. The van der Waals surface area contributed by atoms with Crippen molar-refractivity contribution in [1.29, 1.82) is 0 Å². The molecule has 1 N–H and O–H groups in total. The van der Waals surface area contributed by atoms with Crippen molar-refractivity contribution in [3.63, 3.8) is 0 Å². The highest BCUT2D eigenvalue weighted by Gasteiger charge is 2.37. The zero-order valence-corrected chi connectivity index (χ0v) is 12.4. The molecule has 5 heteroatoms. The molecule has 2 aliphatic rings. The summed E-state index contributed by atoms with van der Waals surface area (Å²) in [7, 11) is -3.21. The first-order valence-corrected chi connectivity index (χ1v) is 8.76. The molecule has 2 aromatic carbocycles. The van der Waals surface area contributed by atoms with E-state index in [2.05, 4.69) is 17.4 Å². The summed E-state index contributed by atoms with van der Waals surface area (Å²) in [5.74, 6) is 0.709. The van der Waals surface area contributed by atoms with Crippen LogP contribution in [0.5, 0.6) is 5.75 Å². The Morgan fingerprint density at radius 1 is 1.19 bits per heavy atom. The maximum absolute atomic E-state index is 11.7. The quantitative estimate of drug-likeness (QED) is 0.879. The molecule has 0 spiro atoms. The van der Waals surface area contributed by atoms with Gasteiger partial charge in [-0.1, -0.05) is 24.3 Å². The summed E-state index contributed by atoms with van der Waals surface area (Å²) in [4.78, 5) is 0.311. The number of fused-ring (bicyclic) bond motifs is 4. The molecule has 2 aromatic rings. The van der Waals surface area contributed by atoms with Crippen LogP contribution in [0.1, 0.15) is 17.2 Å². The number of ether oxygens (including phenoxy) is 1. The summed E-state index contributed by atoms with van der Waals surface area (Å²) in [6, 6.07) is 13.4. The molecule has 0 aromatic heterocycles. The molecule has 1 aliphatic carbocycles. The Morgan fingerprint density at radius 2 is 2.00 bits per heavy atom. The van der Waals surface area contributed by atoms with Crippen LogP contribution in [-0.2, 0) is 16.3 Å². The summed E-state index contributed by atoms with van der Waals surface area (Å²) in [5, 5.41) is 3.43. The van der Waals surface area contributed by atoms with Gasteiger partial charge in [-0.25, -0.2) is 8.42 Å². The van der Waals surface area contributed by atoms with Gasteiger partial charge in [0.25, 0.3) is 0 Å². The Morgan fingerprint density at radius 3 is 2.81 bits per heavy atom. The molecular weight excluding hydrogens is 286 g/mol. The average molecular weight is 301 g/mol. The summed E-state index contributed by atoms with van der Waals surface area (Å²) in [6.45, 7) is 0. The lowest BCUT2D eigenvalue weighted by atomic mass is 10.1. The lowest BCUT2D eigenvalue weighted by molar-refractivity contribution is 0.183. The highest BCUT2D eigenvalue weighted by atomic mass is 32.2. The third-order valence-corrected chi connectivity index (χ3v) is 5.25. The smallest absolute Gasteiger partial charge is 0.175 e. The fourth-order valence-electron chi connectivity index (χ4n) is 3.12. The van der Waals surface area contributed by atoms with Crippen LogP contribution in [0, 0.1) is 0 Å². The summed E-state index contributed by atoms with van der Waals surface area (Å²) >= 11 is 0. The number of hydrogen-bond acceptors (Lipinski definition) is 4. The highest BCUT2D eigenvalue weighted by molar-refractivity contribution is 7.90. The van der Waals surface area contributed by atoms with Crippen molar-refractivity contribution in [3.05, 3.63) is 53.6 Å². The zero-order valence-electron chi connectivity index (χ0n) is 11.5. The Hall–Kier alpha value is -2.01. The molecule has 0 radical (unpaired) electrons. The largest absolute Gasteiger partial charge is 0.481 e. The average Bonchev–Trinajstić information content (AvgIpc) is 2.81. The first kappa shape index (κ1) is 12.7. The predicted molar refractivity (Wildman–Crippen MR) is 80.5 cm³/mol. The second-order valence-electron chi connectivity index (χ2n) is 5.62. The molecule has 2 atom stereocenters. The van der Waals surface area contributed by atoms with Gasteiger partial charge in [-0.05, 0) is 35.7 Å². The molecule has 0 bridgehead atoms. The Labute approximate surface area is 123 Å². The van der Waals surface area contributed by atoms with Gasteiger partial charge in [-0.2, -0.15) is 0 Å². The normalized spacial score (nSPS) is 22.5. The van der Waals surface area contributed by atoms with E-state index in [1.807, 2.05) is 12.1 Å². The molecule has 1 heterocycles. The van der Waals surface area contributed by atoms with E-state index in [0.717, 1.165) is 12.1 Å². The molecule has 21 heavy (non-hydrogen) atoms. The lowest BCUT2D eigenvalue weighted by Gasteiger charge is -2.31. The van der Waals surface area contributed by atoms with Gasteiger partial charge in [-0.15, -0.1) is 0 Å². The third kappa shape index (κ3) is 2.00. The second kappa shape index (κ2) is 4.24. The van der Waals surface area contributed by atoms with Gasteiger partial charge in [0, 0.05) is 6.26 Å². The zero-order chi connectivity index (χ0) is 14.6. The molecule has 0 saturated carbocycles. The lowest BCUT2D eigenvalue weighted by Crippen LogP contribution is -2.32. The second-order valence-corrected chi connectivity index (χ2v) is 7.64. The Balaban J connectivity index is 1.75. The fourth-order valence-corrected chi connectivity index (χ4v) is 3.77. The van der Waals surface area contributed by atoms with E-state index >= 15 is 0 Å². The summed E-state index contributed by atoms with van der Waals surface area (Å²) in [5.41, 5.74) is 3.26. The van der Waals surface area contributed by atoms with Gasteiger partial charge in [0.05, 0.1) is 16.6 Å². The third-order valence-electron chi connectivity index (χ3n) is 4.14. The van der Waals surface area contributed by atoms with E-state index in [0.29, 0.717) is 10.6 Å². The number of anilines is 1. The van der Waals surface area contributed by atoms with Crippen LogP contribution in [-0.4, -0.2) is 20.7 Å². The van der Waals surface area contributed by atoms with E-state index < -0.39 is 9.84 Å². The molecule has 108 valence electrons. The fraction of sp³-hybridized carbons (Fsp3) is 0.250. The van der Waals surface area contributed by atoms with Gasteiger partial charge in [0.2, 0.25) is 0 Å². The topological polar surface area (TPSA) is 55.4 Å². The number of rotatable bonds is 1. The minimum absolute atomic E-state index is 0.00205. The number of benzene rings is 2. The first-order chi connectivity index (χ1) is 10.0. The van der Waals surface area contributed by atoms with Crippen molar-refractivity contribution in [3.8, 4) is 5.75 Å².